The van der Waals surface area contributed by atoms with Crippen molar-refractivity contribution in [3.05, 3.63) is 53.5 Å². The summed E-state index contributed by atoms with van der Waals surface area (Å²) in [6.07, 6.45) is 0.941. The molecule has 0 aliphatic rings. The number of nitrogens with zero attached hydrogens (tertiary/aromatic N) is 3. The van der Waals surface area contributed by atoms with Gasteiger partial charge in [0.2, 0.25) is 5.78 Å². The third-order valence-corrected chi connectivity index (χ3v) is 3.38. The Balaban J connectivity index is 2.35. The normalized spacial score (nSPS) is 11.1. The minimum absolute atomic E-state index is 0.799. The molecule has 19 heavy (non-hydrogen) atoms. The van der Waals surface area contributed by atoms with Crippen LogP contribution in [0.15, 0.2) is 36.4 Å². The van der Waals surface area contributed by atoms with E-state index in [1.54, 1.807) is 0 Å². The second-order valence-corrected chi connectivity index (χ2v) is 4.80. The quantitative estimate of drug-likeness (QED) is 0.697. The fourth-order valence-corrected chi connectivity index (χ4v) is 2.60. The highest BCUT2D eigenvalue weighted by atomic mass is 15.1. The Morgan fingerprint density at radius 3 is 2.47 bits per heavy atom. The van der Waals surface area contributed by atoms with Crippen LogP contribution in [0.1, 0.15) is 24.0 Å². The second-order valence-electron chi connectivity index (χ2n) is 4.80. The Kier molecular flexibility index (Phi) is 2.82. The molecule has 3 heteroatoms. The molecule has 0 amide bonds. The number of hydrogen-bond donors (Lipinski definition) is 0. The number of fused-ring (bicyclic) bond motifs is 1. The first-order chi connectivity index (χ1) is 9.20. The highest BCUT2D eigenvalue weighted by Crippen LogP contribution is 2.25. The van der Waals surface area contributed by atoms with Crippen molar-refractivity contribution >= 4 is 5.78 Å². The number of imidazole rings is 1. The Morgan fingerprint density at radius 1 is 1.05 bits per heavy atom. The highest BCUT2D eigenvalue weighted by Gasteiger charge is 2.14. The van der Waals surface area contributed by atoms with Crippen molar-refractivity contribution < 1.29 is 0 Å². The van der Waals surface area contributed by atoms with Crippen LogP contribution >= 0.6 is 0 Å². The molecule has 0 aliphatic heterocycles. The van der Waals surface area contributed by atoms with Crippen molar-refractivity contribution in [2.75, 3.05) is 0 Å². The molecule has 3 rings (SSSR count). The zero-order valence-corrected chi connectivity index (χ0v) is 11.5. The van der Waals surface area contributed by atoms with Crippen molar-refractivity contribution in [2.24, 2.45) is 0 Å². The summed E-state index contributed by atoms with van der Waals surface area (Å²) in [5, 5.41) is 0. The predicted molar refractivity (Wildman–Crippen MR) is 77.3 cm³/mol. The molecule has 1 aromatic carbocycles. The first-order valence-electron chi connectivity index (χ1n) is 6.61. The van der Waals surface area contributed by atoms with E-state index < -0.39 is 0 Å². The molecule has 0 atom stereocenters. The van der Waals surface area contributed by atoms with Crippen LogP contribution in [-0.2, 0) is 6.42 Å². The van der Waals surface area contributed by atoms with Crippen molar-refractivity contribution in [3.8, 4) is 11.3 Å². The summed E-state index contributed by atoms with van der Waals surface area (Å²) >= 11 is 0. The minimum atomic E-state index is 0.799. The summed E-state index contributed by atoms with van der Waals surface area (Å²) in [5.74, 6) is 0.799. The van der Waals surface area contributed by atoms with Crippen LogP contribution in [-0.4, -0.2) is 14.4 Å². The molecule has 0 saturated heterocycles. The molecule has 0 bridgehead atoms. The van der Waals surface area contributed by atoms with Crippen LogP contribution in [0.25, 0.3) is 17.0 Å². The van der Waals surface area contributed by atoms with Crippen LogP contribution in [0.2, 0.25) is 0 Å². The van der Waals surface area contributed by atoms with Gasteiger partial charge < -0.3 is 0 Å². The van der Waals surface area contributed by atoms with Gasteiger partial charge in [0.25, 0.3) is 0 Å². The van der Waals surface area contributed by atoms with E-state index in [0.717, 1.165) is 29.1 Å². The third kappa shape index (κ3) is 1.91. The number of aryl methyl sites for hydroxylation is 3. The topological polar surface area (TPSA) is 30.2 Å². The van der Waals surface area contributed by atoms with Gasteiger partial charge >= 0.3 is 0 Å². The van der Waals surface area contributed by atoms with E-state index >= 15 is 0 Å². The Hall–Kier alpha value is -2.16. The van der Waals surface area contributed by atoms with Crippen LogP contribution in [0, 0.1) is 13.8 Å². The molecule has 3 aromatic rings. The standard InChI is InChI=1S/C16H17N3/c1-4-14-15(13-8-6-5-7-9-13)18-16-17-11(2)10-12(3)19(14)16/h5-10H,4H2,1-3H3. The lowest BCUT2D eigenvalue weighted by Crippen LogP contribution is -1.99. The smallest absolute Gasteiger partial charge is 0.234 e. The van der Waals surface area contributed by atoms with E-state index in [4.69, 9.17) is 4.98 Å². The Labute approximate surface area is 113 Å². The van der Waals surface area contributed by atoms with Gasteiger partial charge in [-0.2, -0.15) is 0 Å². The predicted octanol–water partition coefficient (Wildman–Crippen LogP) is 3.58. The second kappa shape index (κ2) is 4.50. The van der Waals surface area contributed by atoms with E-state index in [2.05, 4.69) is 41.4 Å². The molecule has 0 unspecified atom stereocenters. The fourth-order valence-electron chi connectivity index (χ4n) is 2.60. The summed E-state index contributed by atoms with van der Waals surface area (Å²) in [6.45, 7) is 6.28. The van der Waals surface area contributed by atoms with Crippen LogP contribution in [0.3, 0.4) is 0 Å². The first kappa shape index (κ1) is 11.9. The number of rotatable bonds is 2. The van der Waals surface area contributed by atoms with Gasteiger partial charge in [-0.3, -0.25) is 4.40 Å². The van der Waals surface area contributed by atoms with E-state index in [0.29, 0.717) is 0 Å². The Bertz CT molecular complexity index is 727. The lowest BCUT2D eigenvalue weighted by atomic mass is 10.1. The van der Waals surface area contributed by atoms with Gasteiger partial charge in [-0.05, 0) is 26.3 Å². The van der Waals surface area contributed by atoms with Gasteiger partial charge in [-0.15, -0.1) is 0 Å². The van der Waals surface area contributed by atoms with Gasteiger partial charge in [0, 0.05) is 17.0 Å². The summed E-state index contributed by atoms with van der Waals surface area (Å²) in [5.41, 5.74) is 5.63. The van der Waals surface area contributed by atoms with Gasteiger partial charge in [0.1, 0.15) is 0 Å². The van der Waals surface area contributed by atoms with Crippen molar-refractivity contribution in [1.29, 1.82) is 0 Å². The molecule has 3 nitrogen and oxygen atoms in total. The van der Waals surface area contributed by atoms with Crippen LogP contribution in [0.5, 0.6) is 0 Å². The maximum atomic E-state index is 4.73. The Morgan fingerprint density at radius 2 is 1.79 bits per heavy atom. The molecular weight excluding hydrogens is 234 g/mol. The van der Waals surface area contributed by atoms with Gasteiger partial charge in [0.05, 0.1) is 11.4 Å². The SMILES string of the molecule is CCc1c(-c2ccccc2)nc2nc(C)cc(C)n12. The number of benzene rings is 1. The minimum Gasteiger partial charge on any atom is -0.285 e. The molecule has 0 aliphatic carbocycles. The largest absolute Gasteiger partial charge is 0.285 e. The van der Waals surface area contributed by atoms with Crippen LogP contribution in [0.4, 0.5) is 0 Å². The summed E-state index contributed by atoms with van der Waals surface area (Å²) < 4.78 is 2.16. The lowest BCUT2D eigenvalue weighted by molar-refractivity contribution is 0.932. The summed E-state index contributed by atoms with van der Waals surface area (Å²) in [4.78, 5) is 9.27. The zero-order valence-electron chi connectivity index (χ0n) is 11.5. The van der Waals surface area contributed by atoms with Crippen molar-refractivity contribution in [3.63, 3.8) is 0 Å². The number of aromatic nitrogens is 3. The fraction of sp³-hybridized carbons (Fsp3) is 0.250. The van der Waals surface area contributed by atoms with Crippen molar-refractivity contribution in [2.45, 2.75) is 27.2 Å². The maximum Gasteiger partial charge on any atom is 0.234 e. The molecule has 0 fully saturated rings. The highest BCUT2D eigenvalue weighted by molar-refractivity contribution is 5.65. The van der Waals surface area contributed by atoms with E-state index in [1.165, 1.54) is 11.4 Å². The summed E-state index contributed by atoms with van der Waals surface area (Å²) in [6, 6.07) is 12.4. The average molecular weight is 251 g/mol. The van der Waals surface area contributed by atoms with Crippen LogP contribution < -0.4 is 0 Å². The molecule has 96 valence electrons. The molecule has 0 saturated carbocycles. The monoisotopic (exact) mass is 251 g/mol. The maximum absolute atomic E-state index is 4.73. The van der Waals surface area contributed by atoms with E-state index in [-0.39, 0.29) is 0 Å². The van der Waals surface area contributed by atoms with E-state index in [9.17, 15) is 0 Å². The first-order valence-corrected chi connectivity index (χ1v) is 6.61. The molecule has 0 N–H and O–H groups in total. The van der Waals surface area contributed by atoms with Crippen molar-refractivity contribution in [1.82, 2.24) is 14.4 Å². The molecule has 0 spiro atoms. The average Bonchev–Trinajstić information content (AvgIpc) is 2.78. The number of hydrogen-bond acceptors (Lipinski definition) is 2. The van der Waals surface area contributed by atoms with Gasteiger partial charge in [-0.1, -0.05) is 37.3 Å². The van der Waals surface area contributed by atoms with Gasteiger partial charge in [0.15, 0.2) is 0 Å². The third-order valence-electron chi connectivity index (χ3n) is 3.38. The zero-order chi connectivity index (χ0) is 13.4. The lowest BCUT2D eigenvalue weighted by Gasteiger charge is -2.05. The van der Waals surface area contributed by atoms with Gasteiger partial charge in [-0.25, -0.2) is 9.97 Å². The molecular formula is C16H17N3. The molecule has 2 heterocycles. The molecule has 2 aromatic heterocycles. The summed E-state index contributed by atoms with van der Waals surface area (Å²) in [7, 11) is 0. The van der Waals surface area contributed by atoms with E-state index in [1.807, 2.05) is 25.1 Å². The molecule has 0 radical (unpaired) electrons.